The summed E-state index contributed by atoms with van der Waals surface area (Å²) in [6, 6.07) is 22.4. The maximum Gasteiger partial charge on any atom is 0.167 e. The molecule has 0 aliphatic rings. The summed E-state index contributed by atoms with van der Waals surface area (Å²) in [7, 11) is 0. The van der Waals surface area contributed by atoms with E-state index in [0.29, 0.717) is 12.2 Å². The Kier molecular flexibility index (Phi) is 6.98. The molecule has 0 aromatic heterocycles. The highest BCUT2D eigenvalue weighted by Gasteiger charge is 2.13. The lowest BCUT2D eigenvalue weighted by Gasteiger charge is -2.08. The predicted molar refractivity (Wildman–Crippen MR) is 134 cm³/mol. The van der Waals surface area contributed by atoms with Gasteiger partial charge in [-0.05, 0) is 46.9 Å². The van der Waals surface area contributed by atoms with Crippen LogP contribution in [0.1, 0.15) is 23.6 Å². The molecule has 0 fully saturated rings. The zero-order chi connectivity index (χ0) is 24.1. The van der Waals surface area contributed by atoms with Crippen LogP contribution in [0.2, 0.25) is 0 Å². The molecule has 0 heterocycles. The van der Waals surface area contributed by atoms with Gasteiger partial charge in [0.1, 0.15) is 0 Å². The molecule has 0 saturated carbocycles. The van der Waals surface area contributed by atoms with Crippen molar-refractivity contribution in [3.63, 3.8) is 0 Å². The van der Waals surface area contributed by atoms with Crippen LogP contribution in [0.15, 0.2) is 85.4 Å². The van der Waals surface area contributed by atoms with Crippen LogP contribution >= 0.6 is 0 Å². The number of ether oxygens (including phenoxy) is 1. The summed E-state index contributed by atoms with van der Waals surface area (Å²) in [5.74, 6) is -1.98. The van der Waals surface area contributed by atoms with Gasteiger partial charge in [0.2, 0.25) is 0 Å². The van der Waals surface area contributed by atoms with E-state index in [1.54, 1.807) is 67.6 Å². The normalized spacial score (nSPS) is 11.1. The third-order valence-corrected chi connectivity index (χ3v) is 5.50. The van der Waals surface area contributed by atoms with Crippen molar-refractivity contribution in [1.82, 2.24) is 0 Å². The molecule has 0 unspecified atom stereocenters. The summed E-state index contributed by atoms with van der Waals surface area (Å²) >= 11 is 0. The molecule has 34 heavy (non-hydrogen) atoms. The zero-order valence-electron chi connectivity index (χ0n) is 18.7. The van der Waals surface area contributed by atoms with E-state index in [1.807, 2.05) is 24.3 Å². The molecule has 4 rings (SSSR count). The first-order valence-corrected chi connectivity index (χ1v) is 10.9. The van der Waals surface area contributed by atoms with Crippen molar-refractivity contribution in [2.75, 3.05) is 6.61 Å². The fourth-order valence-electron chi connectivity index (χ4n) is 3.64. The summed E-state index contributed by atoms with van der Waals surface area (Å²) in [5.41, 5.74) is 4.23. The average molecular weight is 457 g/mol. The predicted octanol–water partition coefficient (Wildman–Crippen LogP) is 8.65. The van der Waals surface area contributed by atoms with E-state index in [-0.39, 0.29) is 16.9 Å². The van der Waals surface area contributed by atoms with E-state index in [0.717, 1.165) is 22.3 Å². The lowest BCUT2D eigenvalue weighted by atomic mass is 10.0. The lowest BCUT2D eigenvalue weighted by molar-refractivity contribution is 0.321. The highest BCUT2D eigenvalue weighted by Crippen LogP contribution is 2.29. The minimum absolute atomic E-state index is 0.154. The monoisotopic (exact) mass is 456 g/mol. The number of benzene rings is 4. The van der Waals surface area contributed by atoms with Crippen LogP contribution in [0.4, 0.5) is 13.2 Å². The maximum atomic E-state index is 14.7. The maximum absolute atomic E-state index is 14.7. The smallest absolute Gasteiger partial charge is 0.167 e. The Hall–Kier alpha value is -4.05. The molecular formula is C30H23F3O. The van der Waals surface area contributed by atoms with Gasteiger partial charge in [-0.2, -0.15) is 0 Å². The van der Waals surface area contributed by atoms with Crippen LogP contribution in [0.3, 0.4) is 0 Å². The fraction of sp³-hybridized carbons (Fsp3) is 0.0667. The van der Waals surface area contributed by atoms with Crippen LogP contribution in [0, 0.1) is 17.5 Å². The van der Waals surface area contributed by atoms with E-state index in [1.165, 1.54) is 12.1 Å². The molecule has 4 heteroatoms. The summed E-state index contributed by atoms with van der Waals surface area (Å²) in [6.45, 7) is 5.89. The molecule has 0 N–H and O–H groups in total. The van der Waals surface area contributed by atoms with Crippen molar-refractivity contribution in [2.24, 2.45) is 0 Å². The second kappa shape index (κ2) is 10.3. The summed E-state index contributed by atoms with van der Waals surface area (Å²) in [4.78, 5) is 0. The van der Waals surface area contributed by atoms with Gasteiger partial charge in [0.05, 0.1) is 6.61 Å². The van der Waals surface area contributed by atoms with Crippen LogP contribution in [-0.2, 0) is 0 Å². The van der Waals surface area contributed by atoms with Crippen molar-refractivity contribution in [3.8, 4) is 28.0 Å². The van der Waals surface area contributed by atoms with Gasteiger partial charge in [-0.25, -0.2) is 13.2 Å². The van der Waals surface area contributed by atoms with Crippen LogP contribution in [0.5, 0.6) is 5.75 Å². The number of rotatable bonds is 7. The highest BCUT2D eigenvalue weighted by atomic mass is 19.2. The van der Waals surface area contributed by atoms with E-state index < -0.39 is 17.5 Å². The minimum Gasteiger partial charge on any atom is -0.491 e. The molecule has 0 aliphatic carbocycles. The Labute approximate surface area is 197 Å². The summed E-state index contributed by atoms with van der Waals surface area (Å²) < 4.78 is 48.8. The average Bonchev–Trinajstić information content (AvgIpc) is 2.87. The van der Waals surface area contributed by atoms with E-state index in [4.69, 9.17) is 4.74 Å². The second-order valence-electron chi connectivity index (χ2n) is 7.69. The van der Waals surface area contributed by atoms with E-state index >= 15 is 0 Å². The quantitative estimate of drug-likeness (QED) is 0.253. The van der Waals surface area contributed by atoms with E-state index in [2.05, 4.69) is 6.58 Å². The number of hydrogen-bond acceptors (Lipinski definition) is 1. The lowest BCUT2D eigenvalue weighted by Crippen LogP contribution is -1.94. The molecule has 1 nitrogen and oxygen atoms in total. The molecule has 4 aromatic carbocycles. The van der Waals surface area contributed by atoms with Gasteiger partial charge < -0.3 is 4.74 Å². The van der Waals surface area contributed by atoms with Gasteiger partial charge in [0, 0.05) is 11.1 Å². The Morgan fingerprint density at radius 2 is 1.35 bits per heavy atom. The molecule has 0 spiro atoms. The fourth-order valence-corrected chi connectivity index (χ4v) is 3.64. The van der Waals surface area contributed by atoms with Crippen LogP contribution in [0.25, 0.3) is 40.5 Å². The minimum atomic E-state index is -0.900. The molecule has 0 radical (unpaired) electrons. The third-order valence-electron chi connectivity index (χ3n) is 5.50. The van der Waals surface area contributed by atoms with Crippen LogP contribution < -0.4 is 4.74 Å². The molecule has 0 bridgehead atoms. The SMILES string of the molecule is C=Cc1ccc(-c2ccc(/C=C/c3ccc(-c4ccc(OCC)c(F)c4)cc3)c(F)c2F)cc1. The van der Waals surface area contributed by atoms with Gasteiger partial charge in [-0.1, -0.05) is 91.5 Å². The van der Waals surface area contributed by atoms with Crippen LogP contribution in [-0.4, -0.2) is 6.61 Å². The first-order chi connectivity index (χ1) is 16.5. The molecule has 0 atom stereocenters. The van der Waals surface area contributed by atoms with Crippen molar-refractivity contribution in [1.29, 1.82) is 0 Å². The van der Waals surface area contributed by atoms with Gasteiger partial charge in [-0.15, -0.1) is 0 Å². The first-order valence-electron chi connectivity index (χ1n) is 10.9. The standard InChI is InChI=1S/C30H23F3O/c1-3-20-5-12-23(13-6-20)26-17-15-24(29(32)30(26)33)14-9-21-7-10-22(11-8-21)25-16-18-28(34-4-2)27(31)19-25/h3,5-19H,1,4H2,2H3/b14-9+. The van der Waals surface area contributed by atoms with Gasteiger partial charge in [-0.3, -0.25) is 0 Å². The Bertz CT molecular complexity index is 1340. The second-order valence-corrected chi connectivity index (χ2v) is 7.69. The number of halogens is 3. The van der Waals surface area contributed by atoms with Gasteiger partial charge >= 0.3 is 0 Å². The highest BCUT2D eigenvalue weighted by molar-refractivity contribution is 5.75. The molecule has 0 saturated heterocycles. The Balaban J connectivity index is 1.52. The molecule has 4 aromatic rings. The molecule has 0 aliphatic heterocycles. The molecule has 170 valence electrons. The van der Waals surface area contributed by atoms with Crippen molar-refractivity contribution in [2.45, 2.75) is 6.92 Å². The Morgan fingerprint density at radius 3 is 2.00 bits per heavy atom. The van der Waals surface area contributed by atoms with Gasteiger partial charge in [0.15, 0.2) is 23.2 Å². The van der Waals surface area contributed by atoms with E-state index in [9.17, 15) is 13.2 Å². The first kappa shape index (κ1) is 23.1. The van der Waals surface area contributed by atoms with Crippen molar-refractivity contribution in [3.05, 3.63) is 120 Å². The topological polar surface area (TPSA) is 9.23 Å². The summed E-state index contributed by atoms with van der Waals surface area (Å²) in [6.07, 6.45) is 4.94. The van der Waals surface area contributed by atoms with Gasteiger partial charge in [0.25, 0.3) is 0 Å². The molecular weight excluding hydrogens is 433 g/mol. The molecule has 0 amide bonds. The van der Waals surface area contributed by atoms with Crippen molar-refractivity contribution >= 4 is 18.2 Å². The summed E-state index contributed by atoms with van der Waals surface area (Å²) in [5, 5.41) is 0. The zero-order valence-corrected chi connectivity index (χ0v) is 18.7. The third kappa shape index (κ3) is 4.96. The largest absolute Gasteiger partial charge is 0.491 e. The van der Waals surface area contributed by atoms with Crippen molar-refractivity contribution < 1.29 is 17.9 Å². The Morgan fingerprint density at radius 1 is 0.706 bits per heavy atom. The number of hydrogen-bond donors (Lipinski definition) is 0.